The normalized spacial score (nSPS) is 10.4. The first-order valence-corrected chi connectivity index (χ1v) is 7.44. The van der Waals surface area contributed by atoms with E-state index in [9.17, 15) is 9.59 Å². The van der Waals surface area contributed by atoms with Crippen molar-refractivity contribution in [3.63, 3.8) is 0 Å². The molecule has 0 atom stereocenters. The number of rotatable bonds is 4. The van der Waals surface area contributed by atoms with Crippen molar-refractivity contribution in [1.82, 2.24) is 10.2 Å². The molecule has 2 aromatic carbocycles. The molecular formula is C19H16N2O3. The molecule has 0 saturated carbocycles. The minimum Gasteiger partial charge on any atom is -0.496 e. The van der Waals surface area contributed by atoms with Crippen molar-refractivity contribution in [2.24, 2.45) is 0 Å². The second kappa shape index (κ2) is 6.50. The molecule has 24 heavy (non-hydrogen) atoms. The van der Waals surface area contributed by atoms with Gasteiger partial charge in [0, 0.05) is 5.56 Å². The lowest BCUT2D eigenvalue weighted by Gasteiger charge is -2.08. The fourth-order valence-electron chi connectivity index (χ4n) is 2.42. The Morgan fingerprint density at radius 3 is 2.46 bits per heavy atom. The number of carbonyl (C=O) groups is 1. The maximum atomic E-state index is 12.8. The van der Waals surface area contributed by atoms with Crippen LogP contribution in [0.5, 0.6) is 5.75 Å². The molecule has 5 nitrogen and oxygen atoms in total. The molecule has 0 unspecified atom stereocenters. The average molecular weight is 320 g/mol. The number of aryl methyl sites for hydroxylation is 1. The lowest BCUT2D eigenvalue weighted by molar-refractivity contribution is 0.103. The van der Waals surface area contributed by atoms with E-state index in [4.69, 9.17) is 4.74 Å². The standard InChI is InChI=1S/C19H16N2O3/c1-12-7-9-13(10-8-12)16-11-15(19(23)21-20-16)18(22)14-5-3-4-6-17(14)24-2/h3-11H,1-2H3,(H,21,23). The summed E-state index contributed by atoms with van der Waals surface area (Å²) >= 11 is 0. The quantitative estimate of drug-likeness (QED) is 0.750. The smallest absolute Gasteiger partial charge is 0.275 e. The number of benzene rings is 2. The van der Waals surface area contributed by atoms with E-state index in [1.165, 1.54) is 13.2 Å². The van der Waals surface area contributed by atoms with E-state index in [1.54, 1.807) is 24.3 Å². The average Bonchev–Trinajstić information content (AvgIpc) is 2.62. The molecule has 1 heterocycles. The first-order valence-electron chi connectivity index (χ1n) is 7.44. The summed E-state index contributed by atoms with van der Waals surface area (Å²) in [7, 11) is 1.49. The van der Waals surface area contributed by atoms with Gasteiger partial charge in [0.05, 0.1) is 23.9 Å². The predicted molar refractivity (Wildman–Crippen MR) is 91.5 cm³/mol. The first kappa shape index (κ1) is 15.7. The zero-order valence-corrected chi connectivity index (χ0v) is 13.4. The van der Waals surface area contributed by atoms with Gasteiger partial charge < -0.3 is 4.74 Å². The zero-order chi connectivity index (χ0) is 17.1. The van der Waals surface area contributed by atoms with Crippen LogP contribution in [-0.2, 0) is 0 Å². The molecule has 3 aromatic rings. The van der Waals surface area contributed by atoms with Gasteiger partial charge in [0.2, 0.25) is 5.78 Å². The summed E-state index contributed by atoms with van der Waals surface area (Å²) in [5.41, 5.74) is 2.32. The molecule has 3 rings (SSSR count). The molecule has 1 aromatic heterocycles. The number of methoxy groups -OCH3 is 1. The third-order valence-corrected chi connectivity index (χ3v) is 3.75. The highest BCUT2D eigenvalue weighted by atomic mass is 16.5. The summed E-state index contributed by atoms with van der Waals surface area (Å²) in [6.07, 6.45) is 0. The highest BCUT2D eigenvalue weighted by molar-refractivity contribution is 6.10. The van der Waals surface area contributed by atoms with Crippen molar-refractivity contribution in [3.05, 3.63) is 81.6 Å². The maximum absolute atomic E-state index is 12.8. The lowest BCUT2D eigenvalue weighted by atomic mass is 10.0. The van der Waals surface area contributed by atoms with Gasteiger partial charge in [-0.1, -0.05) is 42.0 Å². The number of ether oxygens (including phenoxy) is 1. The predicted octanol–water partition coefficient (Wildman–Crippen LogP) is 2.98. The molecule has 0 amide bonds. The van der Waals surface area contributed by atoms with Crippen LogP contribution >= 0.6 is 0 Å². The minimum atomic E-state index is -0.526. The van der Waals surface area contributed by atoms with Gasteiger partial charge in [0.25, 0.3) is 5.56 Å². The topological polar surface area (TPSA) is 72.0 Å². The fourth-order valence-corrected chi connectivity index (χ4v) is 2.42. The SMILES string of the molecule is COc1ccccc1C(=O)c1cc(-c2ccc(C)cc2)n[nH]c1=O. The Hall–Kier alpha value is -3.21. The van der Waals surface area contributed by atoms with E-state index in [0.29, 0.717) is 17.0 Å². The van der Waals surface area contributed by atoms with E-state index in [-0.39, 0.29) is 5.56 Å². The molecule has 5 heteroatoms. The van der Waals surface area contributed by atoms with Gasteiger partial charge in [-0.2, -0.15) is 5.10 Å². The summed E-state index contributed by atoms with van der Waals surface area (Å²) in [4.78, 5) is 24.8. The number of H-pyrrole nitrogens is 1. The number of nitrogens with zero attached hydrogens (tertiary/aromatic N) is 1. The van der Waals surface area contributed by atoms with E-state index >= 15 is 0 Å². The van der Waals surface area contributed by atoms with E-state index in [2.05, 4.69) is 10.2 Å². The third-order valence-electron chi connectivity index (χ3n) is 3.75. The fraction of sp³-hybridized carbons (Fsp3) is 0.105. The summed E-state index contributed by atoms with van der Waals surface area (Å²) in [6, 6.07) is 16.0. The van der Waals surface area contributed by atoms with Gasteiger partial charge in [-0.25, -0.2) is 5.10 Å². The van der Waals surface area contributed by atoms with E-state index in [1.807, 2.05) is 31.2 Å². The van der Waals surface area contributed by atoms with Crippen LogP contribution in [0.3, 0.4) is 0 Å². The molecule has 0 saturated heterocycles. The number of nitrogens with one attached hydrogen (secondary N) is 1. The molecule has 120 valence electrons. The molecule has 0 spiro atoms. The second-order valence-electron chi connectivity index (χ2n) is 5.39. The van der Waals surface area contributed by atoms with Crippen LogP contribution in [-0.4, -0.2) is 23.1 Å². The third kappa shape index (κ3) is 2.96. The van der Waals surface area contributed by atoms with E-state index in [0.717, 1.165) is 11.1 Å². The molecule has 0 radical (unpaired) electrons. The Labute approximate surface area is 138 Å². The highest BCUT2D eigenvalue weighted by Gasteiger charge is 2.18. The van der Waals surface area contributed by atoms with Crippen molar-refractivity contribution in [2.45, 2.75) is 6.92 Å². The number of hydrogen-bond donors (Lipinski definition) is 1. The van der Waals surface area contributed by atoms with Gasteiger partial charge in [-0.05, 0) is 25.1 Å². The molecular weight excluding hydrogens is 304 g/mol. The molecule has 0 aliphatic carbocycles. The number of aromatic nitrogens is 2. The maximum Gasteiger partial charge on any atom is 0.275 e. The molecule has 0 bridgehead atoms. The van der Waals surface area contributed by atoms with Gasteiger partial charge in [-0.15, -0.1) is 0 Å². The Bertz CT molecular complexity index is 943. The van der Waals surface area contributed by atoms with E-state index < -0.39 is 11.3 Å². The monoisotopic (exact) mass is 320 g/mol. The Morgan fingerprint density at radius 2 is 1.75 bits per heavy atom. The molecule has 0 aliphatic rings. The van der Waals surface area contributed by atoms with Crippen molar-refractivity contribution in [1.29, 1.82) is 0 Å². The number of aromatic amines is 1. The highest BCUT2D eigenvalue weighted by Crippen LogP contribution is 2.22. The van der Waals surface area contributed by atoms with Gasteiger partial charge in [-0.3, -0.25) is 9.59 Å². The first-order chi connectivity index (χ1) is 11.6. The van der Waals surface area contributed by atoms with Gasteiger partial charge >= 0.3 is 0 Å². The molecule has 0 fully saturated rings. The van der Waals surface area contributed by atoms with Crippen LogP contribution in [0.4, 0.5) is 0 Å². The molecule has 1 N–H and O–H groups in total. The Kier molecular flexibility index (Phi) is 4.24. The van der Waals surface area contributed by atoms with Crippen LogP contribution in [0.2, 0.25) is 0 Å². The Balaban J connectivity index is 2.08. The van der Waals surface area contributed by atoms with Gasteiger partial charge in [0.15, 0.2) is 0 Å². The minimum absolute atomic E-state index is 0.0325. The summed E-state index contributed by atoms with van der Waals surface area (Å²) < 4.78 is 5.21. The zero-order valence-electron chi connectivity index (χ0n) is 13.4. The largest absolute Gasteiger partial charge is 0.496 e. The van der Waals surface area contributed by atoms with Crippen LogP contribution < -0.4 is 10.3 Å². The summed E-state index contributed by atoms with van der Waals surface area (Å²) in [5.74, 6) is 0.0278. The van der Waals surface area contributed by atoms with Crippen molar-refractivity contribution in [2.75, 3.05) is 7.11 Å². The summed E-state index contributed by atoms with van der Waals surface area (Å²) in [6.45, 7) is 1.99. The van der Waals surface area contributed by atoms with Crippen LogP contribution in [0, 0.1) is 6.92 Å². The lowest BCUT2D eigenvalue weighted by Crippen LogP contribution is -2.20. The van der Waals surface area contributed by atoms with Gasteiger partial charge in [0.1, 0.15) is 5.75 Å². The number of carbonyl (C=O) groups excluding carboxylic acids is 1. The number of para-hydroxylation sites is 1. The summed E-state index contributed by atoms with van der Waals surface area (Å²) in [5, 5.41) is 6.44. The second-order valence-corrected chi connectivity index (χ2v) is 5.39. The van der Waals surface area contributed by atoms with Crippen molar-refractivity contribution in [3.8, 4) is 17.0 Å². The van der Waals surface area contributed by atoms with Crippen molar-refractivity contribution < 1.29 is 9.53 Å². The number of hydrogen-bond acceptors (Lipinski definition) is 4. The van der Waals surface area contributed by atoms with Crippen LogP contribution in [0.1, 0.15) is 21.5 Å². The number of ketones is 1. The van der Waals surface area contributed by atoms with Crippen molar-refractivity contribution >= 4 is 5.78 Å². The Morgan fingerprint density at radius 1 is 1.04 bits per heavy atom. The molecule has 0 aliphatic heterocycles. The van der Waals surface area contributed by atoms with Crippen LogP contribution in [0.25, 0.3) is 11.3 Å². The van der Waals surface area contributed by atoms with Crippen LogP contribution in [0.15, 0.2) is 59.4 Å².